The van der Waals surface area contributed by atoms with Gasteiger partial charge >= 0.3 is 6.61 Å². The number of unbranched alkanes of at least 4 members (excludes halogenated alkanes) is 1. The summed E-state index contributed by atoms with van der Waals surface area (Å²) in [4.78, 5) is 0. The fourth-order valence-corrected chi connectivity index (χ4v) is 1.84. The highest BCUT2D eigenvalue weighted by molar-refractivity contribution is 5.35. The molecule has 0 aliphatic carbocycles. The van der Waals surface area contributed by atoms with Crippen molar-refractivity contribution in [2.45, 2.75) is 38.8 Å². The molecule has 0 aromatic heterocycles. The Kier molecular flexibility index (Phi) is 5.91. The third-order valence-electron chi connectivity index (χ3n) is 2.71. The van der Waals surface area contributed by atoms with Crippen molar-refractivity contribution < 1.29 is 13.5 Å². The van der Waals surface area contributed by atoms with E-state index in [1.54, 1.807) is 12.1 Å². The molecule has 1 N–H and O–H groups in total. The van der Waals surface area contributed by atoms with Crippen molar-refractivity contribution in [3.8, 4) is 5.75 Å². The molecule has 0 saturated carbocycles. The number of para-hydroxylation sites is 1. The SMILES string of the molecule is CCCCC(NC)c1ccccc1OC(F)F. The summed E-state index contributed by atoms with van der Waals surface area (Å²) < 4.78 is 29.1. The molecule has 1 unspecified atom stereocenters. The van der Waals surface area contributed by atoms with Gasteiger partial charge in [-0.3, -0.25) is 0 Å². The first kappa shape index (κ1) is 13.9. The number of alkyl halides is 2. The van der Waals surface area contributed by atoms with Gasteiger partial charge in [0.15, 0.2) is 0 Å². The molecule has 0 bridgehead atoms. The molecule has 0 radical (unpaired) electrons. The van der Waals surface area contributed by atoms with E-state index in [2.05, 4.69) is 17.0 Å². The summed E-state index contributed by atoms with van der Waals surface area (Å²) in [6.45, 7) is -0.672. The van der Waals surface area contributed by atoms with Crippen LogP contribution in [0.1, 0.15) is 37.8 Å². The van der Waals surface area contributed by atoms with Gasteiger partial charge in [-0.15, -0.1) is 0 Å². The molecule has 0 saturated heterocycles. The zero-order valence-corrected chi connectivity index (χ0v) is 10.2. The van der Waals surface area contributed by atoms with Crippen molar-refractivity contribution in [2.24, 2.45) is 0 Å². The number of ether oxygens (including phenoxy) is 1. The van der Waals surface area contributed by atoms with Crippen molar-refractivity contribution in [1.29, 1.82) is 0 Å². The van der Waals surface area contributed by atoms with Gasteiger partial charge in [0.2, 0.25) is 0 Å². The van der Waals surface area contributed by atoms with E-state index in [0.717, 1.165) is 24.8 Å². The highest BCUT2D eigenvalue weighted by Crippen LogP contribution is 2.29. The largest absolute Gasteiger partial charge is 0.434 e. The highest BCUT2D eigenvalue weighted by Gasteiger charge is 2.15. The summed E-state index contributed by atoms with van der Waals surface area (Å²) in [7, 11) is 1.83. The van der Waals surface area contributed by atoms with Crippen LogP contribution in [0.15, 0.2) is 24.3 Å². The molecule has 0 spiro atoms. The van der Waals surface area contributed by atoms with Gasteiger partial charge in [0.25, 0.3) is 0 Å². The zero-order chi connectivity index (χ0) is 12.7. The first-order valence-electron chi connectivity index (χ1n) is 5.90. The van der Waals surface area contributed by atoms with Crippen LogP contribution in [0.3, 0.4) is 0 Å². The lowest BCUT2D eigenvalue weighted by molar-refractivity contribution is -0.0507. The maximum atomic E-state index is 12.3. The summed E-state index contributed by atoms with van der Waals surface area (Å²) in [6.07, 6.45) is 3.04. The highest BCUT2D eigenvalue weighted by atomic mass is 19.3. The third-order valence-corrected chi connectivity index (χ3v) is 2.71. The van der Waals surface area contributed by atoms with Gasteiger partial charge in [-0.05, 0) is 19.5 Å². The molecule has 1 rings (SSSR count). The Hall–Kier alpha value is -1.16. The predicted molar refractivity (Wildman–Crippen MR) is 64.4 cm³/mol. The number of halogens is 2. The molecule has 0 heterocycles. The summed E-state index contributed by atoms with van der Waals surface area (Å²) in [6, 6.07) is 7.01. The molecule has 0 aliphatic heterocycles. The molecule has 1 aromatic rings. The molecule has 17 heavy (non-hydrogen) atoms. The summed E-state index contributed by atoms with van der Waals surface area (Å²) >= 11 is 0. The zero-order valence-electron chi connectivity index (χ0n) is 10.2. The Bertz CT molecular complexity index is 331. The number of nitrogens with one attached hydrogen (secondary N) is 1. The normalized spacial score (nSPS) is 12.8. The van der Waals surface area contributed by atoms with Gasteiger partial charge in [0.05, 0.1) is 0 Å². The minimum absolute atomic E-state index is 0.0601. The van der Waals surface area contributed by atoms with Crippen LogP contribution in [0.2, 0.25) is 0 Å². The maximum Gasteiger partial charge on any atom is 0.387 e. The van der Waals surface area contributed by atoms with Crippen LogP contribution >= 0.6 is 0 Å². The Morgan fingerprint density at radius 3 is 2.59 bits per heavy atom. The monoisotopic (exact) mass is 243 g/mol. The Morgan fingerprint density at radius 2 is 2.00 bits per heavy atom. The first-order valence-corrected chi connectivity index (χ1v) is 5.90. The lowest BCUT2D eigenvalue weighted by atomic mass is 10.0. The Balaban J connectivity index is 2.85. The lowest BCUT2D eigenvalue weighted by Gasteiger charge is -2.19. The minimum Gasteiger partial charge on any atom is -0.434 e. The fourth-order valence-electron chi connectivity index (χ4n) is 1.84. The van der Waals surface area contributed by atoms with E-state index in [0.29, 0.717) is 0 Å². The lowest BCUT2D eigenvalue weighted by Crippen LogP contribution is -2.18. The topological polar surface area (TPSA) is 21.3 Å². The van der Waals surface area contributed by atoms with Crippen LogP contribution in [-0.2, 0) is 0 Å². The van der Waals surface area contributed by atoms with Crippen LogP contribution < -0.4 is 10.1 Å². The van der Waals surface area contributed by atoms with Gasteiger partial charge in [-0.2, -0.15) is 8.78 Å². The van der Waals surface area contributed by atoms with Crippen LogP contribution in [-0.4, -0.2) is 13.7 Å². The van der Waals surface area contributed by atoms with Crippen LogP contribution in [0, 0.1) is 0 Å². The standard InChI is InChI=1S/C13H19F2NO/c1-3-4-8-11(16-2)10-7-5-6-9-12(10)17-13(14)15/h5-7,9,11,13,16H,3-4,8H2,1-2H3. The fraction of sp³-hybridized carbons (Fsp3) is 0.538. The first-order chi connectivity index (χ1) is 8.19. The van der Waals surface area contributed by atoms with E-state index in [1.807, 2.05) is 19.2 Å². The number of benzene rings is 1. The number of rotatable bonds is 7. The maximum absolute atomic E-state index is 12.3. The van der Waals surface area contributed by atoms with Gasteiger partial charge in [-0.25, -0.2) is 0 Å². The molecule has 1 atom stereocenters. The van der Waals surface area contributed by atoms with E-state index in [9.17, 15) is 8.78 Å². The van der Waals surface area contributed by atoms with Crippen molar-refractivity contribution in [3.63, 3.8) is 0 Å². The van der Waals surface area contributed by atoms with E-state index in [1.165, 1.54) is 0 Å². The molecule has 0 fully saturated rings. The van der Waals surface area contributed by atoms with Crippen molar-refractivity contribution in [3.05, 3.63) is 29.8 Å². The van der Waals surface area contributed by atoms with Gasteiger partial charge in [-0.1, -0.05) is 38.0 Å². The molecule has 96 valence electrons. The van der Waals surface area contributed by atoms with Crippen molar-refractivity contribution in [1.82, 2.24) is 5.32 Å². The molecule has 2 nitrogen and oxygen atoms in total. The minimum atomic E-state index is -2.78. The van der Waals surface area contributed by atoms with E-state index in [-0.39, 0.29) is 11.8 Å². The molecule has 0 aliphatic rings. The second kappa shape index (κ2) is 7.22. The van der Waals surface area contributed by atoms with Crippen LogP contribution in [0.25, 0.3) is 0 Å². The number of hydrogen-bond donors (Lipinski definition) is 1. The van der Waals surface area contributed by atoms with Crippen LogP contribution in [0.5, 0.6) is 5.75 Å². The molecular weight excluding hydrogens is 224 g/mol. The van der Waals surface area contributed by atoms with Crippen molar-refractivity contribution >= 4 is 0 Å². The number of hydrogen-bond acceptors (Lipinski definition) is 2. The Morgan fingerprint density at radius 1 is 1.29 bits per heavy atom. The quantitative estimate of drug-likeness (QED) is 0.787. The second-order valence-electron chi connectivity index (χ2n) is 3.90. The van der Waals surface area contributed by atoms with Gasteiger partial charge in [0, 0.05) is 11.6 Å². The molecule has 4 heteroatoms. The van der Waals surface area contributed by atoms with Gasteiger partial charge in [0.1, 0.15) is 5.75 Å². The van der Waals surface area contributed by atoms with E-state index >= 15 is 0 Å². The Labute approximate surface area is 101 Å². The van der Waals surface area contributed by atoms with E-state index < -0.39 is 6.61 Å². The van der Waals surface area contributed by atoms with Crippen LogP contribution in [0.4, 0.5) is 8.78 Å². The summed E-state index contributed by atoms with van der Waals surface area (Å²) in [5.41, 5.74) is 0.795. The molecule has 0 amide bonds. The molecule has 1 aromatic carbocycles. The average Bonchev–Trinajstić information content (AvgIpc) is 2.31. The molecular formula is C13H19F2NO. The summed E-state index contributed by atoms with van der Waals surface area (Å²) in [5, 5.41) is 3.14. The predicted octanol–water partition coefficient (Wildman–Crippen LogP) is 3.74. The smallest absolute Gasteiger partial charge is 0.387 e. The average molecular weight is 243 g/mol. The summed E-state index contributed by atoms with van der Waals surface area (Å²) in [5.74, 6) is 0.262. The van der Waals surface area contributed by atoms with Crippen molar-refractivity contribution in [2.75, 3.05) is 7.05 Å². The third kappa shape index (κ3) is 4.30. The van der Waals surface area contributed by atoms with Gasteiger partial charge < -0.3 is 10.1 Å². The van der Waals surface area contributed by atoms with E-state index in [4.69, 9.17) is 0 Å². The second-order valence-corrected chi connectivity index (χ2v) is 3.90.